The highest BCUT2D eigenvalue weighted by Crippen LogP contribution is 2.38. The Balaban J connectivity index is 1.76. The molecule has 2 aromatic rings. The summed E-state index contributed by atoms with van der Waals surface area (Å²) in [5.74, 6) is 3.92. The molecule has 0 radical (unpaired) electrons. The summed E-state index contributed by atoms with van der Waals surface area (Å²) >= 11 is 1.44. The second-order valence-corrected chi connectivity index (χ2v) is 7.81. The van der Waals surface area contributed by atoms with E-state index in [0.29, 0.717) is 29.4 Å². The maximum Gasteiger partial charge on any atom is 0.192 e. The monoisotopic (exact) mass is 402 g/mol. The van der Waals surface area contributed by atoms with Gasteiger partial charge in [0.15, 0.2) is 28.1 Å². The number of ether oxygens (including phenoxy) is 4. The first-order chi connectivity index (χ1) is 13.6. The fourth-order valence-electron chi connectivity index (χ4n) is 3.63. The van der Waals surface area contributed by atoms with Crippen molar-refractivity contribution in [1.82, 2.24) is 0 Å². The first kappa shape index (κ1) is 20.4. The molecule has 6 heteroatoms. The summed E-state index contributed by atoms with van der Waals surface area (Å²) < 4.78 is 21.4. The molecule has 0 aliphatic carbocycles. The zero-order valence-electron chi connectivity index (χ0n) is 16.7. The van der Waals surface area contributed by atoms with Crippen molar-refractivity contribution in [3.8, 4) is 23.0 Å². The normalized spacial score (nSPS) is 18.8. The minimum absolute atomic E-state index is 0.0174. The van der Waals surface area contributed by atoms with Crippen LogP contribution in [0.1, 0.15) is 11.1 Å². The molecule has 3 rings (SSSR count). The Bertz CT molecular complexity index is 836. The molecule has 2 aromatic carbocycles. The Kier molecular flexibility index (Phi) is 6.73. The fraction of sp³-hybridized carbons (Fsp3) is 0.409. The Morgan fingerprint density at radius 3 is 1.79 bits per heavy atom. The summed E-state index contributed by atoms with van der Waals surface area (Å²) in [6.45, 7) is 0. The van der Waals surface area contributed by atoms with Crippen molar-refractivity contribution in [2.24, 2.45) is 11.8 Å². The first-order valence-corrected chi connectivity index (χ1v) is 10.2. The molecule has 1 aliphatic rings. The molecule has 0 N–H and O–H groups in total. The van der Waals surface area contributed by atoms with Crippen LogP contribution in [-0.2, 0) is 17.6 Å². The summed E-state index contributed by atoms with van der Waals surface area (Å²) in [6, 6.07) is 11.8. The molecule has 28 heavy (non-hydrogen) atoms. The van der Waals surface area contributed by atoms with Gasteiger partial charge in [-0.3, -0.25) is 4.79 Å². The molecule has 0 aromatic heterocycles. The van der Waals surface area contributed by atoms with Gasteiger partial charge in [-0.25, -0.2) is 0 Å². The Morgan fingerprint density at radius 2 is 1.29 bits per heavy atom. The number of hydrogen-bond donors (Lipinski definition) is 0. The van der Waals surface area contributed by atoms with E-state index in [0.717, 1.165) is 23.3 Å². The molecular weight excluding hydrogens is 376 g/mol. The van der Waals surface area contributed by atoms with Gasteiger partial charge in [0.2, 0.25) is 0 Å². The largest absolute Gasteiger partial charge is 0.493 e. The van der Waals surface area contributed by atoms with E-state index in [4.69, 9.17) is 18.9 Å². The van der Waals surface area contributed by atoms with E-state index < -0.39 is 0 Å². The first-order valence-electron chi connectivity index (χ1n) is 9.18. The zero-order chi connectivity index (χ0) is 20.1. The second-order valence-electron chi connectivity index (χ2n) is 6.78. The summed E-state index contributed by atoms with van der Waals surface area (Å²) in [4.78, 5) is 12.5. The van der Waals surface area contributed by atoms with Gasteiger partial charge in [0.25, 0.3) is 0 Å². The molecule has 1 heterocycles. The van der Waals surface area contributed by atoms with Crippen molar-refractivity contribution in [2.75, 3.05) is 34.2 Å². The van der Waals surface area contributed by atoms with Crippen molar-refractivity contribution in [3.63, 3.8) is 0 Å². The second kappa shape index (κ2) is 9.24. The summed E-state index contributed by atoms with van der Waals surface area (Å²) in [5.41, 5.74) is 2.23. The molecule has 0 bridgehead atoms. The summed E-state index contributed by atoms with van der Waals surface area (Å²) in [5, 5.41) is 0.264. The standard InChI is InChI=1S/C22H26O5S/c1-24-18-7-5-14(11-20(18)26-3)9-16-13-28-22(23)17(16)10-15-6-8-19(25-2)21(12-15)27-4/h5-8,11-12,16-17H,9-10,13H2,1-4H3. The predicted molar refractivity (Wildman–Crippen MR) is 111 cm³/mol. The van der Waals surface area contributed by atoms with Crippen LogP contribution < -0.4 is 18.9 Å². The minimum atomic E-state index is -0.0174. The average Bonchev–Trinajstić information content (AvgIpc) is 3.06. The summed E-state index contributed by atoms with van der Waals surface area (Å²) in [7, 11) is 6.51. The van der Waals surface area contributed by atoms with Gasteiger partial charge in [-0.05, 0) is 54.2 Å². The number of benzene rings is 2. The van der Waals surface area contributed by atoms with Crippen LogP contribution in [-0.4, -0.2) is 39.3 Å². The molecule has 2 atom stereocenters. The van der Waals surface area contributed by atoms with E-state index in [-0.39, 0.29) is 17.0 Å². The highest BCUT2D eigenvalue weighted by Gasteiger charge is 2.35. The van der Waals surface area contributed by atoms with Crippen molar-refractivity contribution >= 4 is 16.9 Å². The molecule has 0 saturated carbocycles. The fourth-order valence-corrected chi connectivity index (χ4v) is 4.85. The molecular formula is C22H26O5S. The van der Waals surface area contributed by atoms with E-state index in [1.807, 2.05) is 36.4 Å². The van der Waals surface area contributed by atoms with Crippen LogP contribution in [0.2, 0.25) is 0 Å². The average molecular weight is 403 g/mol. The van der Waals surface area contributed by atoms with E-state index in [1.54, 1.807) is 28.4 Å². The highest BCUT2D eigenvalue weighted by molar-refractivity contribution is 8.14. The van der Waals surface area contributed by atoms with Gasteiger partial charge in [0.1, 0.15) is 0 Å². The number of carbonyl (C=O) groups excluding carboxylic acids is 1. The predicted octanol–water partition coefficient (Wildman–Crippen LogP) is 4.01. The van der Waals surface area contributed by atoms with Crippen LogP contribution in [0.4, 0.5) is 0 Å². The van der Waals surface area contributed by atoms with Gasteiger partial charge in [-0.15, -0.1) is 0 Å². The quantitative estimate of drug-likeness (QED) is 0.665. The van der Waals surface area contributed by atoms with Crippen LogP contribution in [0.25, 0.3) is 0 Å². The van der Waals surface area contributed by atoms with E-state index in [1.165, 1.54) is 11.8 Å². The molecule has 1 aliphatic heterocycles. The maximum absolute atomic E-state index is 12.5. The lowest BCUT2D eigenvalue weighted by atomic mass is 9.85. The van der Waals surface area contributed by atoms with E-state index in [2.05, 4.69) is 0 Å². The third-order valence-electron chi connectivity index (χ3n) is 5.16. The lowest BCUT2D eigenvalue weighted by Crippen LogP contribution is -2.20. The van der Waals surface area contributed by atoms with Crippen molar-refractivity contribution in [2.45, 2.75) is 12.8 Å². The van der Waals surface area contributed by atoms with Crippen molar-refractivity contribution < 1.29 is 23.7 Å². The van der Waals surface area contributed by atoms with Crippen molar-refractivity contribution in [3.05, 3.63) is 47.5 Å². The maximum atomic E-state index is 12.5. The van der Waals surface area contributed by atoms with Crippen LogP contribution in [0.3, 0.4) is 0 Å². The minimum Gasteiger partial charge on any atom is -0.493 e. The SMILES string of the molecule is COc1ccc(CC2CSC(=O)C2Cc2ccc(OC)c(OC)c2)cc1OC. The van der Waals surface area contributed by atoms with Gasteiger partial charge >= 0.3 is 0 Å². The van der Waals surface area contributed by atoms with Gasteiger partial charge in [-0.1, -0.05) is 23.9 Å². The molecule has 0 spiro atoms. The highest BCUT2D eigenvalue weighted by atomic mass is 32.2. The van der Waals surface area contributed by atoms with Gasteiger partial charge in [0.05, 0.1) is 28.4 Å². The van der Waals surface area contributed by atoms with Gasteiger partial charge < -0.3 is 18.9 Å². The third-order valence-corrected chi connectivity index (χ3v) is 6.34. The van der Waals surface area contributed by atoms with Gasteiger partial charge in [0, 0.05) is 11.7 Å². The number of thioether (sulfide) groups is 1. The van der Waals surface area contributed by atoms with Crippen LogP contribution in [0.5, 0.6) is 23.0 Å². The molecule has 150 valence electrons. The number of carbonyl (C=O) groups is 1. The van der Waals surface area contributed by atoms with Crippen LogP contribution >= 0.6 is 11.8 Å². The molecule has 1 saturated heterocycles. The number of rotatable bonds is 8. The van der Waals surface area contributed by atoms with E-state index in [9.17, 15) is 4.79 Å². The smallest absolute Gasteiger partial charge is 0.192 e. The zero-order valence-corrected chi connectivity index (χ0v) is 17.5. The lowest BCUT2D eigenvalue weighted by Gasteiger charge is -2.19. The molecule has 1 fully saturated rings. The lowest BCUT2D eigenvalue weighted by molar-refractivity contribution is -0.114. The van der Waals surface area contributed by atoms with Gasteiger partial charge in [-0.2, -0.15) is 0 Å². The van der Waals surface area contributed by atoms with Crippen LogP contribution in [0.15, 0.2) is 36.4 Å². The topological polar surface area (TPSA) is 54.0 Å². The molecule has 5 nitrogen and oxygen atoms in total. The Labute approximate surface area is 170 Å². The Morgan fingerprint density at radius 1 is 0.786 bits per heavy atom. The third kappa shape index (κ3) is 4.38. The Hall–Kier alpha value is -2.34. The number of hydrogen-bond acceptors (Lipinski definition) is 6. The molecule has 0 amide bonds. The van der Waals surface area contributed by atoms with E-state index >= 15 is 0 Å². The van der Waals surface area contributed by atoms with Crippen LogP contribution in [0, 0.1) is 11.8 Å². The molecule has 2 unspecified atom stereocenters. The summed E-state index contributed by atoms with van der Waals surface area (Å²) in [6.07, 6.45) is 1.53. The number of methoxy groups -OCH3 is 4. The van der Waals surface area contributed by atoms with Crippen molar-refractivity contribution in [1.29, 1.82) is 0 Å².